The third-order valence-electron chi connectivity index (χ3n) is 4.15. The van der Waals surface area contributed by atoms with Gasteiger partial charge in [0.2, 0.25) is 0 Å². The van der Waals surface area contributed by atoms with Gasteiger partial charge in [0.05, 0.1) is 17.7 Å². The van der Waals surface area contributed by atoms with Gasteiger partial charge < -0.3 is 5.32 Å². The zero-order valence-electron chi connectivity index (χ0n) is 12.7. The molecular formula is C15H18N6OS. The second-order valence-electron chi connectivity index (χ2n) is 5.70. The normalized spacial score (nSPS) is 16.7. The van der Waals surface area contributed by atoms with Crippen LogP contribution in [0.3, 0.4) is 0 Å². The summed E-state index contributed by atoms with van der Waals surface area (Å²) in [5, 5.41) is 27.7. The molecule has 0 radical (unpaired) electrons. The fraction of sp³-hybridized carbons (Fsp3) is 0.533. The molecule has 1 atom stereocenters. The lowest BCUT2D eigenvalue weighted by atomic mass is 9.83. The van der Waals surface area contributed by atoms with Crippen LogP contribution in [0, 0.1) is 17.2 Å². The molecular weight excluding hydrogens is 312 g/mol. The van der Waals surface area contributed by atoms with Crippen molar-refractivity contribution in [2.24, 2.45) is 5.92 Å². The monoisotopic (exact) mass is 330 g/mol. The fourth-order valence-corrected chi connectivity index (χ4v) is 3.63. The SMILES string of the molecule is N#CCn1nnc([C@@H](NC(=O)c2ccsc2)C2CCCCC2)n1. The molecule has 2 aromatic heterocycles. The second-order valence-corrected chi connectivity index (χ2v) is 6.48. The minimum Gasteiger partial charge on any atom is -0.342 e. The number of carbonyl (C=O) groups excluding carboxylic acids is 1. The summed E-state index contributed by atoms with van der Waals surface area (Å²) in [5.74, 6) is 0.695. The van der Waals surface area contributed by atoms with Crippen LogP contribution in [0.5, 0.6) is 0 Å². The summed E-state index contributed by atoms with van der Waals surface area (Å²) < 4.78 is 0. The average Bonchev–Trinajstić information content (AvgIpc) is 3.25. The van der Waals surface area contributed by atoms with Crippen molar-refractivity contribution >= 4 is 17.2 Å². The lowest BCUT2D eigenvalue weighted by Crippen LogP contribution is -2.35. The van der Waals surface area contributed by atoms with Crippen molar-refractivity contribution in [3.63, 3.8) is 0 Å². The van der Waals surface area contributed by atoms with Gasteiger partial charge in [-0.15, -0.1) is 15.0 Å². The molecule has 1 aliphatic rings. The number of hydrogen-bond acceptors (Lipinski definition) is 6. The van der Waals surface area contributed by atoms with Gasteiger partial charge in [-0.05, 0) is 35.4 Å². The number of nitrogens with one attached hydrogen (secondary N) is 1. The smallest absolute Gasteiger partial charge is 0.252 e. The minimum absolute atomic E-state index is 0.0584. The molecule has 0 aliphatic heterocycles. The van der Waals surface area contributed by atoms with E-state index < -0.39 is 0 Å². The molecule has 1 fully saturated rings. The summed E-state index contributed by atoms with van der Waals surface area (Å²) in [7, 11) is 0. The zero-order chi connectivity index (χ0) is 16.1. The van der Waals surface area contributed by atoms with Crippen LogP contribution in [-0.4, -0.2) is 26.1 Å². The van der Waals surface area contributed by atoms with Crippen molar-refractivity contribution in [1.29, 1.82) is 5.26 Å². The lowest BCUT2D eigenvalue weighted by Gasteiger charge is -2.28. The molecule has 0 unspecified atom stereocenters. The molecule has 0 saturated heterocycles. The molecule has 7 nitrogen and oxygen atoms in total. The predicted octanol–water partition coefficient (Wildman–Crippen LogP) is 2.31. The molecule has 2 heterocycles. The Balaban J connectivity index is 1.80. The van der Waals surface area contributed by atoms with Crippen LogP contribution in [-0.2, 0) is 6.54 Å². The van der Waals surface area contributed by atoms with Crippen molar-refractivity contribution in [3.8, 4) is 6.07 Å². The standard InChI is InChI=1S/C15H18N6OS/c16-7-8-21-19-14(18-20-21)13(11-4-2-1-3-5-11)17-15(22)12-6-9-23-10-12/h6,9-11,13H,1-5,8H2,(H,17,22)/t13-/m0/s1. The Bertz CT molecular complexity index is 683. The van der Waals surface area contributed by atoms with Crippen molar-refractivity contribution < 1.29 is 4.79 Å². The molecule has 0 aromatic carbocycles. The van der Waals surface area contributed by atoms with Crippen molar-refractivity contribution in [1.82, 2.24) is 25.5 Å². The summed E-state index contributed by atoms with van der Waals surface area (Å²) in [6, 6.07) is 3.54. The van der Waals surface area contributed by atoms with Gasteiger partial charge in [0.1, 0.15) is 6.54 Å². The van der Waals surface area contributed by atoms with E-state index in [9.17, 15) is 4.79 Å². The van der Waals surface area contributed by atoms with Gasteiger partial charge in [0, 0.05) is 5.38 Å². The minimum atomic E-state index is -0.254. The molecule has 0 spiro atoms. The molecule has 8 heteroatoms. The highest BCUT2D eigenvalue weighted by Gasteiger charge is 2.30. The highest BCUT2D eigenvalue weighted by atomic mass is 32.1. The number of nitrogens with zero attached hydrogens (tertiary/aromatic N) is 5. The van der Waals surface area contributed by atoms with Gasteiger partial charge in [-0.2, -0.15) is 16.6 Å². The molecule has 1 aliphatic carbocycles. The molecule has 23 heavy (non-hydrogen) atoms. The number of hydrogen-bond donors (Lipinski definition) is 1. The molecule has 1 amide bonds. The summed E-state index contributed by atoms with van der Waals surface area (Å²) >= 11 is 1.49. The largest absolute Gasteiger partial charge is 0.342 e. The van der Waals surface area contributed by atoms with E-state index in [2.05, 4.69) is 20.7 Å². The summed E-state index contributed by atoms with van der Waals surface area (Å²) in [6.45, 7) is 0.0584. The predicted molar refractivity (Wildman–Crippen MR) is 84.5 cm³/mol. The Morgan fingerprint density at radius 3 is 3.00 bits per heavy atom. The van der Waals surface area contributed by atoms with E-state index in [-0.39, 0.29) is 18.5 Å². The highest BCUT2D eigenvalue weighted by Crippen LogP contribution is 2.33. The number of nitriles is 1. The Morgan fingerprint density at radius 1 is 1.48 bits per heavy atom. The third-order valence-corrected chi connectivity index (χ3v) is 4.83. The lowest BCUT2D eigenvalue weighted by molar-refractivity contribution is 0.0909. The maximum atomic E-state index is 12.4. The molecule has 1 N–H and O–H groups in total. The third kappa shape index (κ3) is 3.74. The average molecular weight is 330 g/mol. The number of thiophene rings is 1. The van der Waals surface area contributed by atoms with Gasteiger partial charge in [-0.3, -0.25) is 4.79 Å². The number of carbonyl (C=O) groups is 1. The van der Waals surface area contributed by atoms with Gasteiger partial charge in [0.15, 0.2) is 5.82 Å². The first-order valence-electron chi connectivity index (χ1n) is 7.75. The van der Waals surface area contributed by atoms with E-state index in [1.165, 1.54) is 22.6 Å². The molecule has 3 rings (SSSR count). The quantitative estimate of drug-likeness (QED) is 0.907. The van der Waals surface area contributed by atoms with Crippen LogP contribution < -0.4 is 5.32 Å². The van der Waals surface area contributed by atoms with Crippen LogP contribution in [0.2, 0.25) is 0 Å². The van der Waals surface area contributed by atoms with E-state index in [0.717, 1.165) is 25.7 Å². The van der Waals surface area contributed by atoms with Gasteiger partial charge in [-0.25, -0.2) is 0 Å². The maximum absolute atomic E-state index is 12.4. The van der Waals surface area contributed by atoms with E-state index in [1.54, 1.807) is 6.07 Å². The van der Waals surface area contributed by atoms with Crippen LogP contribution >= 0.6 is 11.3 Å². The van der Waals surface area contributed by atoms with Crippen molar-refractivity contribution in [2.45, 2.75) is 44.7 Å². The van der Waals surface area contributed by atoms with Crippen molar-refractivity contribution in [2.75, 3.05) is 0 Å². The molecule has 1 saturated carbocycles. The van der Waals surface area contributed by atoms with Crippen LogP contribution in [0.4, 0.5) is 0 Å². The van der Waals surface area contributed by atoms with Crippen molar-refractivity contribution in [3.05, 3.63) is 28.2 Å². The van der Waals surface area contributed by atoms with E-state index in [4.69, 9.17) is 5.26 Å². The maximum Gasteiger partial charge on any atom is 0.252 e. The van der Waals surface area contributed by atoms with Gasteiger partial charge in [-0.1, -0.05) is 19.3 Å². The van der Waals surface area contributed by atoms with E-state index >= 15 is 0 Å². The van der Waals surface area contributed by atoms with E-state index in [0.29, 0.717) is 17.3 Å². The number of rotatable bonds is 5. The summed E-state index contributed by atoms with van der Waals surface area (Å²) in [5.41, 5.74) is 0.653. The zero-order valence-corrected chi connectivity index (χ0v) is 13.5. The first kappa shape index (κ1) is 15.6. The number of tetrazole rings is 1. The summed E-state index contributed by atoms with van der Waals surface area (Å²) in [4.78, 5) is 13.7. The first-order valence-corrected chi connectivity index (χ1v) is 8.70. The van der Waals surface area contributed by atoms with E-state index in [1.807, 2.05) is 16.8 Å². The Labute approximate surface area is 138 Å². The Hall–Kier alpha value is -2.27. The Kier molecular flexibility index (Phi) is 4.98. The number of amides is 1. The summed E-state index contributed by atoms with van der Waals surface area (Å²) in [6.07, 6.45) is 5.63. The van der Waals surface area contributed by atoms with Gasteiger partial charge >= 0.3 is 0 Å². The first-order chi connectivity index (χ1) is 11.3. The molecule has 2 aromatic rings. The molecule has 0 bridgehead atoms. The Morgan fingerprint density at radius 2 is 2.30 bits per heavy atom. The van der Waals surface area contributed by atoms with Crippen LogP contribution in [0.1, 0.15) is 54.3 Å². The fourth-order valence-electron chi connectivity index (χ4n) is 2.99. The number of aromatic nitrogens is 4. The molecule has 120 valence electrons. The van der Waals surface area contributed by atoms with Crippen LogP contribution in [0.25, 0.3) is 0 Å². The van der Waals surface area contributed by atoms with Crippen LogP contribution in [0.15, 0.2) is 16.8 Å². The highest BCUT2D eigenvalue weighted by molar-refractivity contribution is 7.08. The topological polar surface area (TPSA) is 96.5 Å². The second kappa shape index (κ2) is 7.33. The van der Waals surface area contributed by atoms with Gasteiger partial charge in [0.25, 0.3) is 5.91 Å².